The minimum absolute atomic E-state index is 0.214. The van der Waals surface area contributed by atoms with Gasteiger partial charge in [-0.3, -0.25) is 10.4 Å². The Balaban J connectivity index is 1.65. The van der Waals surface area contributed by atoms with Crippen LogP contribution in [0.4, 0.5) is 5.82 Å². The molecule has 2 aromatic heterocycles. The molecule has 0 atom stereocenters. The lowest BCUT2D eigenvalue weighted by Crippen LogP contribution is -2.39. The van der Waals surface area contributed by atoms with E-state index in [4.69, 9.17) is 29.6 Å². The van der Waals surface area contributed by atoms with Crippen molar-refractivity contribution >= 4 is 45.8 Å². The van der Waals surface area contributed by atoms with E-state index in [1.807, 2.05) is 54.6 Å². The summed E-state index contributed by atoms with van der Waals surface area (Å²) in [5.74, 6) is 0.606. The summed E-state index contributed by atoms with van der Waals surface area (Å²) in [6.07, 6.45) is 3.61. The van der Waals surface area contributed by atoms with Crippen molar-refractivity contribution in [3.63, 3.8) is 0 Å². The zero-order valence-electron chi connectivity index (χ0n) is 19.0. The molecule has 0 saturated carbocycles. The maximum atomic E-state index is 6.17. The van der Waals surface area contributed by atoms with Crippen LogP contribution in [-0.2, 0) is 6.54 Å². The molecule has 0 saturated heterocycles. The van der Waals surface area contributed by atoms with Crippen molar-refractivity contribution in [1.82, 2.24) is 19.5 Å². The maximum absolute atomic E-state index is 6.17. The zero-order chi connectivity index (χ0) is 24.4. The summed E-state index contributed by atoms with van der Waals surface area (Å²) >= 11 is 11.5. The third-order valence-electron chi connectivity index (χ3n) is 5.74. The van der Waals surface area contributed by atoms with Gasteiger partial charge in [-0.05, 0) is 54.5 Å². The fourth-order valence-electron chi connectivity index (χ4n) is 3.96. The molecular formula is C27H23ClN6S. The van der Waals surface area contributed by atoms with E-state index in [2.05, 4.69) is 57.3 Å². The van der Waals surface area contributed by atoms with Crippen molar-refractivity contribution in [2.75, 3.05) is 5.43 Å². The fourth-order valence-corrected chi connectivity index (χ4v) is 4.20. The highest BCUT2D eigenvalue weighted by Crippen LogP contribution is 2.36. The fraction of sp³-hybridized carbons (Fsp3) is 0.0741. The van der Waals surface area contributed by atoms with Gasteiger partial charge >= 0.3 is 0 Å². The number of rotatable bonds is 6. The number of nitrogens with zero attached hydrogens (tertiary/aromatic N) is 4. The Morgan fingerprint density at radius 3 is 2.40 bits per heavy atom. The molecule has 0 unspecified atom stereocenters. The van der Waals surface area contributed by atoms with E-state index in [1.165, 1.54) is 5.56 Å². The maximum Gasteiger partial charge on any atom is 0.185 e. The molecule has 5 rings (SSSR count). The Hall–Kier alpha value is -3.94. The van der Waals surface area contributed by atoms with Crippen LogP contribution in [0.3, 0.4) is 0 Å². The van der Waals surface area contributed by atoms with Crippen LogP contribution in [-0.4, -0.2) is 24.7 Å². The number of thiocarbonyl (C=S) groups is 1. The number of hydrogen-bond acceptors (Lipinski definition) is 4. The molecule has 5 aromatic rings. The first kappa shape index (κ1) is 22.8. The molecule has 174 valence electrons. The second-order valence-corrected chi connectivity index (χ2v) is 9.05. The molecule has 0 spiro atoms. The van der Waals surface area contributed by atoms with Crippen molar-refractivity contribution in [3.05, 3.63) is 108 Å². The first-order chi connectivity index (χ1) is 17.0. The number of fused-ring (bicyclic) bond motifs is 1. The quantitative estimate of drug-likeness (QED) is 0.217. The van der Waals surface area contributed by atoms with Crippen LogP contribution in [0.1, 0.15) is 11.1 Å². The number of aromatic nitrogens is 3. The van der Waals surface area contributed by atoms with Crippen LogP contribution >= 0.6 is 23.8 Å². The van der Waals surface area contributed by atoms with Crippen LogP contribution in [0.15, 0.2) is 91.4 Å². The molecule has 3 aromatic carbocycles. The zero-order valence-corrected chi connectivity index (χ0v) is 20.6. The van der Waals surface area contributed by atoms with Gasteiger partial charge in [0.2, 0.25) is 0 Å². The Bertz CT molecular complexity index is 1480. The summed E-state index contributed by atoms with van der Waals surface area (Å²) in [5, 5.41) is 3.45. The van der Waals surface area contributed by atoms with E-state index in [0.717, 1.165) is 33.4 Å². The van der Waals surface area contributed by atoms with Gasteiger partial charge in [0.15, 0.2) is 16.6 Å². The second kappa shape index (κ2) is 9.74. The molecule has 0 fully saturated rings. The van der Waals surface area contributed by atoms with E-state index in [-0.39, 0.29) is 5.11 Å². The molecule has 0 aliphatic carbocycles. The number of aryl methyl sites for hydroxylation is 1. The van der Waals surface area contributed by atoms with E-state index in [9.17, 15) is 0 Å². The summed E-state index contributed by atoms with van der Waals surface area (Å²) in [7, 11) is 0. The van der Waals surface area contributed by atoms with Crippen LogP contribution < -0.4 is 11.2 Å². The number of nitrogens with one attached hydrogen (secondary N) is 1. The average Bonchev–Trinajstić information content (AvgIpc) is 3.26. The number of hydrazine groups is 1. The lowest BCUT2D eigenvalue weighted by molar-refractivity contribution is 0.493. The topological polar surface area (TPSA) is 72.0 Å². The highest BCUT2D eigenvalue weighted by molar-refractivity contribution is 7.80. The number of nitrogens with two attached hydrogens (primary N) is 1. The Labute approximate surface area is 214 Å². The van der Waals surface area contributed by atoms with Crippen molar-refractivity contribution in [1.29, 1.82) is 0 Å². The Kier molecular flexibility index (Phi) is 6.35. The molecular weight excluding hydrogens is 476 g/mol. The highest BCUT2D eigenvalue weighted by Gasteiger charge is 2.19. The van der Waals surface area contributed by atoms with Crippen LogP contribution in [0, 0.1) is 6.92 Å². The molecule has 35 heavy (non-hydrogen) atoms. The molecule has 0 bridgehead atoms. The summed E-state index contributed by atoms with van der Waals surface area (Å²) in [5.41, 5.74) is 15.4. The van der Waals surface area contributed by atoms with Crippen LogP contribution in [0.25, 0.3) is 27.8 Å². The summed E-state index contributed by atoms with van der Waals surface area (Å²) in [4.78, 5) is 9.22. The van der Waals surface area contributed by atoms with Gasteiger partial charge in [-0.1, -0.05) is 71.8 Å². The van der Waals surface area contributed by atoms with Gasteiger partial charge < -0.3 is 10.3 Å². The molecule has 0 aliphatic heterocycles. The van der Waals surface area contributed by atoms with Crippen LogP contribution in [0.2, 0.25) is 5.02 Å². The van der Waals surface area contributed by atoms with E-state index < -0.39 is 0 Å². The summed E-state index contributed by atoms with van der Waals surface area (Å²) in [6, 6.07) is 26.0. The smallest absolute Gasteiger partial charge is 0.185 e. The van der Waals surface area contributed by atoms with Crippen molar-refractivity contribution in [2.24, 2.45) is 5.73 Å². The SMILES string of the molecule is Cc1ccc(-n2cc(-c3ccc(Cl)cc3)c3c(NN(Cc4ccccc4)C(N)=S)ncnc32)cc1. The molecule has 6 nitrogen and oxygen atoms in total. The first-order valence-electron chi connectivity index (χ1n) is 11.1. The second-order valence-electron chi connectivity index (χ2n) is 8.20. The predicted octanol–water partition coefficient (Wildman–Crippen LogP) is 6.12. The third-order valence-corrected chi connectivity index (χ3v) is 6.21. The normalized spacial score (nSPS) is 10.9. The largest absolute Gasteiger partial charge is 0.375 e. The minimum Gasteiger partial charge on any atom is -0.375 e. The first-order valence-corrected chi connectivity index (χ1v) is 11.8. The monoisotopic (exact) mass is 498 g/mol. The van der Waals surface area contributed by atoms with Gasteiger partial charge in [0.05, 0.1) is 11.9 Å². The minimum atomic E-state index is 0.214. The average molecular weight is 499 g/mol. The molecule has 2 heterocycles. The van der Waals surface area contributed by atoms with Gasteiger partial charge in [-0.15, -0.1) is 0 Å². The lowest BCUT2D eigenvalue weighted by Gasteiger charge is -2.24. The summed E-state index contributed by atoms with van der Waals surface area (Å²) in [6.45, 7) is 2.55. The summed E-state index contributed by atoms with van der Waals surface area (Å²) < 4.78 is 2.06. The number of benzene rings is 3. The number of halogens is 1. The standard InChI is InChI=1S/C27H23ClN6S/c1-18-7-13-22(14-8-18)33-16-23(20-9-11-21(28)12-10-20)24-25(30-17-31-26(24)33)32-34(27(29)35)15-19-5-3-2-4-6-19/h2-14,16-17H,15H2,1H3,(H2,29,35)(H,30,31,32). The van der Waals surface area contributed by atoms with E-state index in [0.29, 0.717) is 17.4 Å². The molecule has 0 aliphatic rings. The highest BCUT2D eigenvalue weighted by atomic mass is 35.5. The van der Waals surface area contributed by atoms with Gasteiger partial charge in [-0.25, -0.2) is 9.97 Å². The van der Waals surface area contributed by atoms with Gasteiger partial charge in [0.1, 0.15) is 6.33 Å². The molecule has 0 amide bonds. The molecule has 8 heteroatoms. The Morgan fingerprint density at radius 2 is 1.71 bits per heavy atom. The third kappa shape index (κ3) is 4.82. The van der Waals surface area contributed by atoms with Crippen molar-refractivity contribution in [2.45, 2.75) is 13.5 Å². The Morgan fingerprint density at radius 1 is 1.00 bits per heavy atom. The van der Waals surface area contributed by atoms with Crippen LogP contribution in [0.5, 0.6) is 0 Å². The predicted molar refractivity (Wildman–Crippen MR) is 146 cm³/mol. The van der Waals surface area contributed by atoms with Gasteiger partial charge in [0, 0.05) is 22.5 Å². The molecule has 3 N–H and O–H groups in total. The van der Waals surface area contributed by atoms with E-state index in [1.54, 1.807) is 11.3 Å². The van der Waals surface area contributed by atoms with Gasteiger partial charge in [0.25, 0.3) is 0 Å². The number of hydrogen-bond donors (Lipinski definition) is 2. The number of anilines is 1. The van der Waals surface area contributed by atoms with Crippen molar-refractivity contribution in [3.8, 4) is 16.8 Å². The molecule has 0 radical (unpaired) electrons. The van der Waals surface area contributed by atoms with E-state index >= 15 is 0 Å². The van der Waals surface area contributed by atoms with Crippen molar-refractivity contribution < 1.29 is 0 Å². The van der Waals surface area contributed by atoms with Gasteiger partial charge in [-0.2, -0.15) is 0 Å². The lowest BCUT2D eigenvalue weighted by atomic mass is 10.1.